The maximum atomic E-state index is 12.6. The average Bonchev–Trinajstić information content (AvgIpc) is 3.05. The minimum absolute atomic E-state index is 0.105. The van der Waals surface area contributed by atoms with Crippen LogP contribution in [0, 0.1) is 0 Å². The number of methoxy groups -OCH3 is 1. The molecule has 0 saturated carbocycles. The first-order valence-electron chi connectivity index (χ1n) is 8.76. The molecular weight excluding hydrogens is 354 g/mol. The van der Waals surface area contributed by atoms with E-state index in [0.717, 1.165) is 27.4 Å². The Morgan fingerprint density at radius 1 is 1.11 bits per heavy atom. The number of hydrogen-bond donors (Lipinski definition) is 2. The molecule has 0 aliphatic carbocycles. The lowest BCUT2D eigenvalue weighted by Crippen LogP contribution is -2.20. The molecule has 3 aromatic carbocycles. The van der Waals surface area contributed by atoms with Crippen LogP contribution in [0.25, 0.3) is 21.7 Å². The summed E-state index contributed by atoms with van der Waals surface area (Å²) in [6.07, 6.45) is 1.46. The molecule has 0 aliphatic rings. The third-order valence-corrected chi connectivity index (χ3v) is 4.79. The molecule has 6 nitrogen and oxygen atoms in total. The maximum absolute atomic E-state index is 12.6. The molecule has 0 bridgehead atoms. The van der Waals surface area contributed by atoms with Crippen molar-refractivity contribution in [3.8, 4) is 11.5 Å². The van der Waals surface area contributed by atoms with E-state index in [0.29, 0.717) is 11.3 Å². The van der Waals surface area contributed by atoms with E-state index in [-0.39, 0.29) is 11.7 Å². The largest absolute Gasteiger partial charge is 0.507 e. The van der Waals surface area contributed by atoms with Gasteiger partial charge in [-0.15, -0.1) is 0 Å². The highest BCUT2D eigenvalue weighted by Crippen LogP contribution is 2.26. The predicted octanol–water partition coefficient (Wildman–Crippen LogP) is 3.81. The van der Waals surface area contributed by atoms with Crippen molar-refractivity contribution in [2.45, 2.75) is 0 Å². The van der Waals surface area contributed by atoms with E-state index in [1.807, 2.05) is 55.6 Å². The molecule has 1 heterocycles. The molecule has 140 valence electrons. The molecule has 4 aromatic rings. The second-order valence-electron chi connectivity index (χ2n) is 6.43. The molecule has 0 aliphatic heterocycles. The molecule has 0 radical (unpaired) electrons. The summed E-state index contributed by atoms with van der Waals surface area (Å²) in [5.41, 5.74) is 4.49. The number of aryl methyl sites for hydroxylation is 1. The van der Waals surface area contributed by atoms with E-state index >= 15 is 0 Å². The zero-order valence-corrected chi connectivity index (χ0v) is 15.5. The van der Waals surface area contributed by atoms with Gasteiger partial charge in [-0.25, -0.2) is 5.43 Å². The van der Waals surface area contributed by atoms with Crippen LogP contribution in [0.2, 0.25) is 0 Å². The number of nitrogens with one attached hydrogen (secondary N) is 1. The number of hydrogen-bond acceptors (Lipinski definition) is 4. The van der Waals surface area contributed by atoms with E-state index in [1.54, 1.807) is 23.8 Å². The summed E-state index contributed by atoms with van der Waals surface area (Å²) < 4.78 is 7.04. The maximum Gasteiger partial charge on any atom is 0.287 e. The van der Waals surface area contributed by atoms with Crippen molar-refractivity contribution < 1.29 is 14.6 Å². The fourth-order valence-electron chi connectivity index (χ4n) is 3.30. The van der Waals surface area contributed by atoms with Gasteiger partial charge in [0.15, 0.2) is 0 Å². The fourth-order valence-corrected chi connectivity index (χ4v) is 3.30. The Morgan fingerprint density at radius 3 is 2.75 bits per heavy atom. The summed E-state index contributed by atoms with van der Waals surface area (Å²) in [6, 6.07) is 18.5. The lowest BCUT2D eigenvalue weighted by Gasteiger charge is -2.05. The number of fused-ring (bicyclic) bond motifs is 2. The number of carbonyl (C=O) groups excluding carboxylic acids is 1. The highest BCUT2D eigenvalue weighted by molar-refractivity contribution is 6.03. The number of aromatic nitrogens is 1. The van der Waals surface area contributed by atoms with Gasteiger partial charge < -0.3 is 14.4 Å². The summed E-state index contributed by atoms with van der Waals surface area (Å²) in [4.78, 5) is 12.6. The Labute approximate surface area is 161 Å². The number of aromatic hydroxyl groups is 1. The molecule has 1 aromatic heterocycles. The molecule has 0 fully saturated rings. The van der Waals surface area contributed by atoms with Gasteiger partial charge in [0, 0.05) is 23.5 Å². The van der Waals surface area contributed by atoms with Gasteiger partial charge in [0.1, 0.15) is 17.2 Å². The minimum Gasteiger partial charge on any atom is -0.507 e. The minimum atomic E-state index is -0.339. The topological polar surface area (TPSA) is 75.8 Å². The van der Waals surface area contributed by atoms with E-state index < -0.39 is 0 Å². The van der Waals surface area contributed by atoms with Crippen LogP contribution in [-0.2, 0) is 7.05 Å². The van der Waals surface area contributed by atoms with Gasteiger partial charge >= 0.3 is 0 Å². The molecule has 28 heavy (non-hydrogen) atoms. The monoisotopic (exact) mass is 373 g/mol. The number of rotatable bonds is 4. The third kappa shape index (κ3) is 3.05. The van der Waals surface area contributed by atoms with Gasteiger partial charge in [0.2, 0.25) is 0 Å². The van der Waals surface area contributed by atoms with E-state index in [4.69, 9.17) is 4.74 Å². The predicted molar refractivity (Wildman–Crippen MR) is 110 cm³/mol. The van der Waals surface area contributed by atoms with Crippen molar-refractivity contribution in [2.24, 2.45) is 12.1 Å². The Kier molecular flexibility index (Phi) is 4.45. The first kappa shape index (κ1) is 17.6. The van der Waals surface area contributed by atoms with Crippen LogP contribution in [-0.4, -0.2) is 28.9 Å². The van der Waals surface area contributed by atoms with Crippen molar-refractivity contribution >= 4 is 33.8 Å². The Morgan fingerprint density at radius 2 is 1.93 bits per heavy atom. The van der Waals surface area contributed by atoms with Crippen molar-refractivity contribution in [3.05, 3.63) is 71.9 Å². The number of hydrazone groups is 1. The van der Waals surface area contributed by atoms with Gasteiger partial charge in [-0.2, -0.15) is 5.10 Å². The highest BCUT2D eigenvalue weighted by atomic mass is 16.5. The second kappa shape index (κ2) is 7.08. The first-order chi connectivity index (χ1) is 13.6. The Bertz CT molecular complexity index is 1220. The molecule has 1 amide bonds. The van der Waals surface area contributed by atoms with Crippen LogP contribution in [0.5, 0.6) is 11.5 Å². The third-order valence-electron chi connectivity index (χ3n) is 4.79. The zero-order valence-electron chi connectivity index (χ0n) is 15.5. The van der Waals surface area contributed by atoms with Crippen LogP contribution < -0.4 is 10.2 Å². The molecule has 0 saturated heterocycles. The summed E-state index contributed by atoms with van der Waals surface area (Å²) in [5, 5.41) is 17.0. The van der Waals surface area contributed by atoms with Crippen LogP contribution in [0.4, 0.5) is 0 Å². The zero-order chi connectivity index (χ0) is 19.7. The molecule has 0 unspecified atom stereocenters. The number of benzene rings is 3. The van der Waals surface area contributed by atoms with Crippen molar-refractivity contribution in [3.63, 3.8) is 0 Å². The van der Waals surface area contributed by atoms with Crippen molar-refractivity contribution in [2.75, 3.05) is 7.11 Å². The smallest absolute Gasteiger partial charge is 0.287 e. The summed E-state index contributed by atoms with van der Waals surface area (Å²) in [7, 11) is 3.43. The summed E-state index contributed by atoms with van der Waals surface area (Å²) in [6.45, 7) is 0. The number of ether oxygens (including phenoxy) is 1. The van der Waals surface area contributed by atoms with Crippen LogP contribution >= 0.6 is 0 Å². The van der Waals surface area contributed by atoms with Gasteiger partial charge in [-0.3, -0.25) is 4.79 Å². The number of nitrogens with zero attached hydrogens (tertiary/aromatic N) is 2. The fraction of sp³-hybridized carbons (Fsp3) is 0.0909. The molecule has 0 spiro atoms. The number of phenols is 1. The standard InChI is InChI=1S/C22H19N3O3/c1-25-19-9-8-16(28-2)11-15(19)12-20(25)22(27)24-23-13-18-17-6-4-3-5-14(17)7-10-21(18)26/h3-13,26H,1-2H3,(H,24,27)/b23-13+. The van der Waals surface area contributed by atoms with Crippen molar-refractivity contribution in [1.82, 2.24) is 9.99 Å². The van der Waals surface area contributed by atoms with Gasteiger partial charge in [-0.1, -0.05) is 30.3 Å². The van der Waals surface area contributed by atoms with Crippen molar-refractivity contribution in [1.29, 1.82) is 0 Å². The highest BCUT2D eigenvalue weighted by Gasteiger charge is 2.13. The van der Waals surface area contributed by atoms with Gasteiger partial charge in [0.25, 0.3) is 5.91 Å². The van der Waals surface area contributed by atoms with Gasteiger partial charge in [-0.05, 0) is 41.1 Å². The van der Waals surface area contributed by atoms with E-state index in [1.165, 1.54) is 6.21 Å². The molecular formula is C22H19N3O3. The van der Waals surface area contributed by atoms with Crippen LogP contribution in [0.15, 0.2) is 65.8 Å². The SMILES string of the molecule is COc1ccc2c(c1)cc(C(=O)N/N=C/c1c(O)ccc3ccccc13)n2C. The normalized spacial score (nSPS) is 11.4. The summed E-state index contributed by atoms with van der Waals surface area (Å²) >= 11 is 0. The number of carbonyl (C=O) groups is 1. The molecule has 6 heteroatoms. The molecule has 2 N–H and O–H groups in total. The first-order valence-corrected chi connectivity index (χ1v) is 8.76. The van der Waals surface area contributed by atoms with Crippen LogP contribution in [0.3, 0.4) is 0 Å². The Balaban J connectivity index is 1.61. The number of amides is 1. The average molecular weight is 373 g/mol. The summed E-state index contributed by atoms with van der Waals surface area (Å²) in [5.74, 6) is 0.497. The quantitative estimate of drug-likeness (QED) is 0.422. The number of phenolic OH excluding ortho intramolecular Hbond substituents is 1. The molecule has 0 atom stereocenters. The lowest BCUT2D eigenvalue weighted by molar-refractivity contribution is 0.0947. The van der Waals surface area contributed by atoms with E-state index in [9.17, 15) is 9.90 Å². The molecule has 4 rings (SSSR count). The second-order valence-corrected chi connectivity index (χ2v) is 6.43. The lowest BCUT2D eigenvalue weighted by atomic mass is 10.0. The van der Waals surface area contributed by atoms with E-state index in [2.05, 4.69) is 10.5 Å². The Hall–Kier alpha value is -3.80. The van der Waals surface area contributed by atoms with Crippen LogP contribution in [0.1, 0.15) is 16.1 Å². The van der Waals surface area contributed by atoms with Gasteiger partial charge in [0.05, 0.1) is 13.3 Å².